The third-order valence-electron chi connectivity index (χ3n) is 2.20. The first-order chi connectivity index (χ1) is 5.22. The van der Waals surface area contributed by atoms with Gasteiger partial charge in [-0.15, -0.1) is 0 Å². The zero-order valence-corrected chi connectivity index (χ0v) is 7.26. The van der Waals surface area contributed by atoms with Crippen LogP contribution < -0.4 is 5.32 Å². The molecule has 1 heterocycles. The maximum Gasteiger partial charge on any atom is 0.219 e. The first-order valence-electron chi connectivity index (χ1n) is 4.19. The molecule has 3 heteroatoms. The van der Waals surface area contributed by atoms with Gasteiger partial charge in [0.15, 0.2) is 0 Å². The van der Waals surface area contributed by atoms with Gasteiger partial charge in [-0.1, -0.05) is 0 Å². The molecule has 1 N–H and O–H groups in total. The highest BCUT2D eigenvalue weighted by molar-refractivity contribution is 5.73. The summed E-state index contributed by atoms with van der Waals surface area (Å²) in [6.07, 6.45) is 1.07. The Morgan fingerprint density at radius 1 is 1.55 bits per heavy atom. The van der Waals surface area contributed by atoms with Gasteiger partial charge in [0.1, 0.15) is 0 Å². The number of hydrogen-bond acceptors (Lipinski definition) is 2. The number of carbonyl (C=O) groups excluding carboxylic acids is 1. The van der Waals surface area contributed by atoms with Crippen molar-refractivity contribution >= 4 is 5.91 Å². The largest absolute Gasteiger partial charge is 0.339 e. The van der Waals surface area contributed by atoms with Gasteiger partial charge in [-0.3, -0.25) is 4.79 Å². The van der Waals surface area contributed by atoms with Crippen LogP contribution in [0.25, 0.3) is 0 Å². The monoisotopic (exact) mass is 156 g/mol. The Kier molecular flexibility index (Phi) is 2.88. The second-order valence-electron chi connectivity index (χ2n) is 3.10. The van der Waals surface area contributed by atoms with Crippen LogP contribution in [-0.4, -0.2) is 36.5 Å². The molecule has 1 saturated heterocycles. The second-order valence-corrected chi connectivity index (χ2v) is 3.10. The summed E-state index contributed by atoms with van der Waals surface area (Å²) in [7, 11) is 0. The Balaban J connectivity index is 2.52. The molecule has 3 nitrogen and oxygen atoms in total. The predicted octanol–water partition coefficient (Wildman–Crippen LogP) is 0.217. The molecule has 1 fully saturated rings. The SMILES string of the molecule is CC(=O)N1CCNCC[C@H]1C. The molecule has 0 unspecified atom stereocenters. The van der Waals surface area contributed by atoms with Crippen LogP contribution in [0.3, 0.4) is 0 Å². The van der Waals surface area contributed by atoms with E-state index in [1.165, 1.54) is 0 Å². The summed E-state index contributed by atoms with van der Waals surface area (Å²) < 4.78 is 0. The van der Waals surface area contributed by atoms with Crippen LogP contribution in [0.15, 0.2) is 0 Å². The van der Waals surface area contributed by atoms with Gasteiger partial charge in [0, 0.05) is 26.1 Å². The summed E-state index contributed by atoms with van der Waals surface area (Å²) >= 11 is 0. The van der Waals surface area contributed by atoms with Gasteiger partial charge in [0.05, 0.1) is 0 Å². The molecular weight excluding hydrogens is 140 g/mol. The zero-order chi connectivity index (χ0) is 8.27. The summed E-state index contributed by atoms with van der Waals surface area (Å²) in [4.78, 5) is 13.0. The Hall–Kier alpha value is -0.570. The minimum Gasteiger partial charge on any atom is -0.339 e. The Morgan fingerprint density at radius 2 is 2.27 bits per heavy atom. The number of carbonyl (C=O) groups is 1. The van der Waals surface area contributed by atoms with Crippen LogP contribution >= 0.6 is 0 Å². The number of nitrogens with one attached hydrogen (secondary N) is 1. The average Bonchev–Trinajstić information content (AvgIpc) is 2.13. The zero-order valence-electron chi connectivity index (χ0n) is 7.26. The molecule has 0 aromatic carbocycles. The van der Waals surface area contributed by atoms with Crippen molar-refractivity contribution in [3.05, 3.63) is 0 Å². The maximum absolute atomic E-state index is 11.1. The van der Waals surface area contributed by atoms with Crippen LogP contribution in [-0.2, 0) is 4.79 Å². The van der Waals surface area contributed by atoms with Gasteiger partial charge in [-0.25, -0.2) is 0 Å². The van der Waals surface area contributed by atoms with E-state index in [1.54, 1.807) is 6.92 Å². The Labute approximate surface area is 67.8 Å². The van der Waals surface area contributed by atoms with Crippen molar-refractivity contribution in [2.75, 3.05) is 19.6 Å². The van der Waals surface area contributed by atoms with Crippen molar-refractivity contribution in [3.63, 3.8) is 0 Å². The highest BCUT2D eigenvalue weighted by Crippen LogP contribution is 2.05. The van der Waals surface area contributed by atoms with E-state index in [0.29, 0.717) is 6.04 Å². The fourth-order valence-corrected chi connectivity index (χ4v) is 1.48. The van der Waals surface area contributed by atoms with Gasteiger partial charge < -0.3 is 10.2 Å². The third-order valence-corrected chi connectivity index (χ3v) is 2.20. The molecule has 1 atom stereocenters. The van der Waals surface area contributed by atoms with Gasteiger partial charge in [0.2, 0.25) is 5.91 Å². The minimum absolute atomic E-state index is 0.196. The van der Waals surface area contributed by atoms with Crippen molar-refractivity contribution in [3.8, 4) is 0 Å². The third kappa shape index (κ3) is 2.19. The Morgan fingerprint density at radius 3 is 2.91 bits per heavy atom. The quantitative estimate of drug-likeness (QED) is 0.544. The topological polar surface area (TPSA) is 32.3 Å². The molecule has 1 rings (SSSR count). The highest BCUT2D eigenvalue weighted by Gasteiger charge is 2.17. The lowest BCUT2D eigenvalue weighted by atomic mass is 10.2. The average molecular weight is 156 g/mol. The smallest absolute Gasteiger partial charge is 0.219 e. The van der Waals surface area contributed by atoms with E-state index in [9.17, 15) is 4.79 Å². The number of hydrogen-bond donors (Lipinski definition) is 1. The first-order valence-corrected chi connectivity index (χ1v) is 4.19. The van der Waals surface area contributed by atoms with E-state index in [4.69, 9.17) is 0 Å². The molecule has 0 saturated carbocycles. The van der Waals surface area contributed by atoms with Crippen LogP contribution in [0.4, 0.5) is 0 Å². The number of rotatable bonds is 0. The van der Waals surface area contributed by atoms with Crippen molar-refractivity contribution < 1.29 is 4.79 Å². The van der Waals surface area contributed by atoms with Crippen LogP contribution in [0.2, 0.25) is 0 Å². The fourth-order valence-electron chi connectivity index (χ4n) is 1.48. The predicted molar refractivity (Wildman–Crippen MR) is 44.3 cm³/mol. The molecule has 1 amide bonds. The van der Waals surface area contributed by atoms with E-state index in [2.05, 4.69) is 12.2 Å². The summed E-state index contributed by atoms with van der Waals surface area (Å²) in [6.45, 7) is 6.57. The van der Waals surface area contributed by atoms with Crippen molar-refractivity contribution in [2.45, 2.75) is 26.3 Å². The standard InChI is InChI=1S/C8H16N2O/c1-7-3-4-9-5-6-10(7)8(2)11/h7,9H,3-6H2,1-2H3/t7-/m1/s1. The maximum atomic E-state index is 11.1. The van der Waals surface area contributed by atoms with Gasteiger partial charge >= 0.3 is 0 Å². The van der Waals surface area contributed by atoms with Crippen molar-refractivity contribution in [1.29, 1.82) is 0 Å². The molecule has 64 valence electrons. The van der Waals surface area contributed by atoms with E-state index in [1.807, 2.05) is 4.90 Å². The second kappa shape index (κ2) is 3.72. The molecule has 0 aromatic heterocycles. The van der Waals surface area contributed by atoms with E-state index in [-0.39, 0.29) is 5.91 Å². The minimum atomic E-state index is 0.196. The summed E-state index contributed by atoms with van der Waals surface area (Å²) in [5.74, 6) is 0.196. The summed E-state index contributed by atoms with van der Waals surface area (Å²) in [5.41, 5.74) is 0. The van der Waals surface area contributed by atoms with Crippen LogP contribution in [0.1, 0.15) is 20.3 Å². The molecule has 0 aliphatic carbocycles. The van der Waals surface area contributed by atoms with Gasteiger partial charge in [-0.05, 0) is 19.9 Å². The van der Waals surface area contributed by atoms with E-state index >= 15 is 0 Å². The van der Waals surface area contributed by atoms with E-state index < -0.39 is 0 Å². The molecule has 0 bridgehead atoms. The van der Waals surface area contributed by atoms with Gasteiger partial charge in [-0.2, -0.15) is 0 Å². The van der Waals surface area contributed by atoms with Crippen LogP contribution in [0, 0.1) is 0 Å². The molecule has 1 aliphatic heterocycles. The molecule has 0 radical (unpaired) electrons. The molecule has 1 aliphatic rings. The highest BCUT2D eigenvalue weighted by atomic mass is 16.2. The lowest BCUT2D eigenvalue weighted by molar-refractivity contribution is -0.130. The molecule has 0 aromatic rings. The Bertz CT molecular complexity index is 147. The lowest BCUT2D eigenvalue weighted by Gasteiger charge is -2.24. The molecular formula is C8H16N2O. The van der Waals surface area contributed by atoms with E-state index in [0.717, 1.165) is 26.1 Å². The van der Waals surface area contributed by atoms with Crippen molar-refractivity contribution in [2.24, 2.45) is 0 Å². The normalized spacial score (nSPS) is 26.4. The number of nitrogens with zero attached hydrogens (tertiary/aromatic N) is 1. The molecule has 0 spiro atoms. The lowest BCUT2D eigenvalue weighted by Crippen LogP contribution is -2.37. The number of amides is 1. The van der Waals surface area contributed by atoms with Gasteiger partial charge in [0.25, 0.3) is 0 Å². The first kappa shape index (κ1) is 8.53. The fraction of sp³-hybridized carbons (Fsp3) is 0.875. The van der Waals surface area contributed by atoms with Crippen molar-refractivity contribution in [1.82, 2.24) is 10.2 Å². The summed E-state index contributed by atoms with van der Waals surface area (Å²) in [6, 6.07) is 0.405. The molecule has 11 heavy (non-hydrogen) atoms. The van der Waals surface area contributed by atoms with Crippen LogP contribution in [0.5, 0.6) is 0 Å². The summed E-state index contributed by atoms with van der Waals surface area (Å²) in [5, 5.41) is 3.27.